The van der Waals surface area contributed by atoms with E-state index >= 15 is 0 Å². The molecule has 1 fully saturated rings. The highest BCUT2D eigenvalue weighted by Crippen LogP contribution is 2.17. The molecule has 1 aromatic carbocycles. The Labute approximate surface area is 163 Å². The van der Waals surface area contributed by atoms with E-state index in [1.54, 1.807) is 0 Å². The van der Waals surface area contributed by atoms with Gasteiger partial charge in [-0.1, -0.05) is 24.3 Å². The largest absolute Gasteiger partial charge is 0.379 e. The van der Waals surface area contributed by atoms with Crippen molar-refractivity contribution in [2.75, 3.05) is 32.8 Å². The highest BCUT2D eigenvalue weighted by molar-refractivity contribution is 7.88. The molecule has 2 N–H and O–H groups in total. The Bertz CT molecular complexity index is 736. The second-order valence-corrected chi connectivity index (χ2v) is 9.58. The van der Waals surface area contributed by atoms with Gasteiger partial charge in [0.05, 0.1) is 25.5 Å². The lowest BCUT2D eigenvalue weighted by Crippen LogP contribution is -2.47. The first-order chi connectivity index (χ1) is 12.7. The van der Waals surface area contributed by atoms with E-state index in [9.17, 15) is 8.42 Å². The fraction of sp³-hybridized carbons (Fsp3) is 0.632. The molecule has 0 radical (unpaired) electrons. The molecule has 0 bridgehead atoms. The Morgan fingerprint density at radius 1 is 1.19 bits per heavy atom. The molecule has 1 heterocycles. The minimum atomic E-state index is -3.36. The Hall–Kier alpha value is -1.64. The molecule has 1 aliphatic heterocycles. The first kappa shape index (κ1) is 21.7. The first-order valence-corrected chi connectivity index (χ1v) is 11.0. The summed E-state index contributed by atoms with van der Waals surface area (Å²) in [6.07, 6.45) is 0. The minimum Gasteiger partial charge on any atom is -0.379 e. The van der Waals surface area contributed by atoms with E-state index in [4.69, 9.17) is 4.74 Å². The third kappa shape index (κ3) is 7.12. The molecule has 27 heavy (non-hydrogen) atoms. The first-order valence-electron chi connectivity index (χ1n) is 9.40. The summed E-state index contributed by atoms with van der Waals surface area (Å²) < 4.78 is 32.3. The van der Waals surface area contributed by atoms with Gasteiger partial charge >= 0.3 is 0 Å². The molecular weight excluding hydrogens is 364 g/mol. The van der Waals surface area contributed by atoms with Gasteiger partial charge in [-0.15, -0.1) is 0 Å². The van der Waals surface area contributed by atoms with E-state index < -0.39 is 10.0 Å². The fourth-order valence-electron chi connectivity index (χ4n) is 2.79. The van der Waals surface area contributed by atoms with Crippen molar-refractivity contribution in [3.05, 3.63) is 35.4 Å². The number of rotatable bonds is 6. The van der Waals surface area contributed by atoms with Crippen LogP contribution in [0.3, 0.4) is 0 Å². The van der Waals surface area contributed by atoms with Crippen molar-refractivity contribution in [3.8, 4) is 0 Å². The molecule has 1 aromatic rings. The molecular formula is C19H32N4O3S. The van der Waals surface area contributed by atoms with Crippen molar-refractivity contribution < 1.29 is 13.2 Å². The number of hydrogen-bond acceptors (Lipinski definition) is 4. The van der Waals surface area contributed by atoms with Crippen LogP contribution in [-0.4, -0.2) is 57.1 Å². The van der Waals surface area contributed by atoms with Gasteiger partial charge in [-0.2, -0.15) is 4.31 Å². The second kappa shape index (κ2) is 9.52. The SMILES string of the molecule is CCNC(=NCc1ccccc1CS(=O)(=O)N1CCOCC1)NC(C)(C)C. The van der Waals surface area contributed by atoms with E-state index in [2.05, 4.69) is 36.4 Å². The summed E-state index contributed by atoms with van der Waals surface area (Å²) >= 11 is 0. The highest BCUT2D eigenvalue weighted by atomic mass is 32.2. The van der Waals surface area contributed by atoms with Gasteiger partial charge in [0.15, 0.2) is 5.96 Å². The smallest absolute Gasteiger partial charge is 0.218 e. The van der Waals surface area contributed by atoms with Crippen LogP contribution in [0, 0.1) is 0 Å². The number of ether oxygens (including phenoxy) is 1. The normalized spacial score (nSPS) is 17.0. The van der Waals surface area contributed by atoms with E-state index in [0.29, 0.717) is 32.8 Å². The van der Waals surface area contributed by atoms with E-state index in [0.717, 1.165) is 23.6 Å². The van der Waals surface area contributed by atoms with E-state index in [1.165, 1.54) is 4.31 Å². The van der Waals surface area contributed by atoms with Crippen molar-refractivity contribution in [2.24, 2.45) is 4.99 Å². The fourth-order valence-corrected chi connectivity index (χ4v) is 4.35. The predicted octanol–water partition coefficient (Wildman–Crippen LogP) is 1.70. The van der Waals surface area contributed by atoms with Crippen molar-refractivity contribution in [1.29, 1.82) is 0 Å². The molecule has 0 unspecified atom stereocenters. The van der Waals surface area contributed by atoms with Crippen molar-refractivity contribution in [1.82, 2.24) is 14.9 Å². The number of nitrogens with one attached hydrogen (secondary N) is 2. The van der Waals surface area contributed by atoms with Crippen molar-refractivity contribution in [3.63, 3.8) is 0 Å². The molecule has 0 aliphatic carbocycles. The minimum absolute atomic E-state index is 0.0120. The summed E-state index contributed by atoms with van der Waals surface area (Å²) in [4.78, 5) is 4.64. The van der Waals surface area contributed by atoms with Gasteiger partial charge in [0.25, 0.3) is 0 Å². The number of morpholine rings is 1. The van der Waals surface area contributed by atoms with Crippen LogP contribution in [0.2, 0.25) is 0 Å². The molecule has 152 valence electrons. The lowest BCUT2D eigenvalue weighted by Gasteiger charge is -2.26. The van der Waals surface area contributed by atoms with Gasteiger partial charge in [0, 0.05) is 25.2 Å². The number of hydrogen-bond donors (Lipinski definition) is 2. The van der Waals surface area contributed by atoms with Crippen molar-refractivity contribution in [2.45, 2.75) is 45.5 Å². The Morgan fingerprint density at radius 2 is 1.81 bits per heavy atom. The Balaban J connectivity index is 2.15. The third-order valence-electron chi connectivity index (χ3n) is 4.06. The molecule has 0 atom stereocenters. The number of benzene rings is 1. The summed E-state index contributed by atoms with van der Waals surface area (Å²) in [5.74, 6) is 0.706. The maximum atomic E-state index is 12.7. The Kier molecular flexibility index (Phi) is 7.64. The summed E-state index contributed by atoms with van der Waals surface area (Å²) in [7, 11) is -3.36. The quantitative estimate of drug-likeness (QED) is 0.565. The van der Waals surface area contributed by atoms with E-state index in [-0.39, 0.29) is 11.3 Å². The number of nitrogens with zero attached hydrogens (tertiary/aromatic N) is 2. The van der Waals surface area contributed by atoms with Crippen LogP contribution in [-0.2, 0) is 27.1 Å². The average Bonchev–Trinajstić information content (AvgIpc) is 2.60. The van der Waals surface area contributed by atoms with Crippen LogP contribution < -0.4 is 10.6 Å². The number of aliphatic imine (C=N–C) groups is 1. The third-order valence-corrected chi connectivity index (χ3v) is 5.89. The van der Waals surface area contributed by atoms with Gasteiger partial charge in [0.2, 0.25) is 10.0 Å². The van der Waals surface area contributed by atoms with Crippen LogP contribution in [0.4, 0.5) is 0 Å². The topological polar surface area (TPSA) is 83.0 Å². The van der Waals surface area contributed by atoms with Gasteiger partial charge in [-0.3, -0.25) is 0 Å². The van der Waals surface area contributed by atoms with Crippen molar-refractivity contribution >= 4 is 16.0 Å². The van der Waals surface area contributed by atoms with Gasteiger partial charge in [-0.05, 0) is 38.8 Å². The lowest BCUT2D eigenvalue weighted by molar-refractivity contribution is 0.0729. The average molecular weight is 397 g/mol. The van der Waals surface area contributed by atoms with Gasteiger partial charge in [-0.25, -0.2) is 13.4 Å². The van der Waals surface area contributed by atoms with Crippen LogP contribution in [0.15, 0.2) is 29.3 Å². The molecule has 0 amide bonds. The van der Waals surface area contributed by atoms with Gasteiger partial charge < -0.3 is 15.4 Å². The zero-order chi connectivity index (χ0) is 19.9. The van der Waals surface area contributed by atoms with Crippen LogP contribution >= 0.6 is 0 Å². The molecule has 1 saturated heterocycles. The molecule has 1 aliphatic rings. The summed E-state index contributed by atoms with van der Waals surface area (Å²) in [5.41, 5.74) is 1.60. The predicted molar refractivity (Wildman–Crippen MR) is 109 cm³/mol. The molecule has 0 saturated carbocycles. The second-order valence-electron chi connectivity index (χ2n) is 7.61. The molecule has 0 spiro atoms. The van der Waals surface area contributed by atoms with Gasteiger partial charge in [0.1, 0.15) is 0 Å². The molecule has 7 nitrogen and oxygen atoms in total. The number of sulfonamides is 1. The molecule has 2 rings (SSSR count). The monoisotopic (exact) mass is 396 g/mol. The zero-order valence-electron chi connectivity index (χ0n) is 16.8. The lowest BCUT2D eigenvalue weighted by atomic mass is 10.1. The summed E-state index contributed by atoms with van der Waals surface area (Å²) in [6, 6.07) is 7.59. The Morgan fingerprint density at radius 3 is 2.41 bits per heavy atom. The standard InChI is InChI=1S/C19H32N4O3S/c1-5-20-18(22-19(2,3)4)21-14-16-8-6-7-9-17(16)15-27(24,25)23-10-12-26-13-11-23/h6-9H,5,10-15H2,1-4H3,(H2,20,21,22). The summed E-state index contributed by atoms with van der Waals surface area (Å²) in [5, 5.41) is 6.57. The van der Waals surface area contributed by atoms with Crippen LogP contribution in [0.5, 0.6) is 0 Å². The van der Waals surface area contributed by atoms with E-state index in [1.807, 2.05) is 31.2 Å². The number of guanidine groups is 1. The maximum Gasteiger partial charge on any atom is 0.218 e. The van der Waals surface area contributed by atoms with Crippen LogP contribution in [0.1, 0.15) is 38.8 Å². The molecule has 8 heteroatoms. The maximum absolute atomic E-state index is 12.7. The molecule has 0 aromatic heterocycles. The summed E-state index contributed by atoms with van der Waals surface area (Å²) in [6.45, 7) is 11.2. The zero-order valence-corrected chi connectivity index (χ0v) is 17.6. The van der Waals surface area contributed by atoms with Crippen LogP contribution in [0.25, 0.3) is 0 Å². The highest BCUT2D eigenvalue weighted by Gasteiger charge is 2.25.